The first-order valence-electron chi connectivity index (χ1n) is 6.26. The van der Waals surface area contributed by atoms with Crippen LogP contribution >= 0.6 is 0 Å². The van der Waals surface area contributed by atoms with Crippen LogP contribution in [0.1, 0.15) is 45.4 Å². The van der Waals surface area contributed by atoms with Crippen LogP contribution in [0.2, 0.25) is 0 Å². The van der Waals surface area contributed by atoms with Crippen molar-refractivity contribution in [3.63, 3.8) is 0 Å². The summed E-state index contributed by atoms with van der Waals surface area (Å²) in [5.74, 6) is 0. The van der Waals surface area contributed by atoms with Crippen molar-refractivity contribution in [3.8, 4) is 0 Å². The Labute approximate surface area is 89.1 Å². The molecule has 0 aliphatic carbocycles. The van der Waals surface area contributed by atoms with Crippen molar-refractivity contribution in [3.05, 3.63) is 0 Å². The van der Waals surface area contributed by atoms with E-state index in [2.05, 4.69) is 24.2 Å². The van der Waals surface area contributed by atoms with Gasteiger partial charge in [-0.3, -0.25) is 0 Å². The second-order valence-electron chi connectivity index (χ2n) is 4.49. The summed E-state index contributed by atoms with van der Waals surface area (Å²) in [7, 11) is 2.09. The number of nitrogens with zero attached hydrogens (tertiary/aromatic N) is 1. The number of likely N-dealkylation sites (N-methyl/N-ethyl adjacent to an activating group) is 1. The third-order valence-electron chi connectivity index (χ3n) is 3.24. The Morgan fingerprint density at radius 2 is 2.14 bits per heavy atom. The van der Waals surface area contributed by atoms with Crippen LogP contribution in [0, 0.1) is 0 Å². The molecule has 1 heterocycles. The molecule has 0 saturated carbocycles. The lowest BCUT2D eigenvalue weighted by molar-refractivity contribution is 0.192. The van der Waals surface area contributed by atoms with E-state index < -0.39 is 0 Å². The standard InChI is InChI=1S/C12H26N2/c1-3-4-5-6-9-14-10-7-8-12(11-14)13-2/h12-13H,3-11H2,1-2H3/t12-/m1/s1. The highest BCUT2D eigenvalue weighted by molar-refractivity contribution is 4.76. The Morgan fingerprint density at radius 3 is 2.86 bits per heavy atom. The van der Waals surface area contributed by atoms with Gasteiger partial charge in [-0.2, -0.15) is 0 Å². The van der Waals surface area contributed by atoms with Gasteiger partial charge in [-0.15, -0.1) is 0 Å². The summed E-state index contributed by atoms with van der Waals surface area (Å²) >= 11 is 0. The first-order chi connectivity index (χ1) is 6.86. The van der Waals surface area contributed by atoms with Gasteiger partial charge in [0.1, 0.15) is 0 Å². The molecule has 0 aromatic rings. The van der Waals surface area contributed by atoms with Crippen LogP contribution in [0.3, 0.4) is 0 Å². The van der Waals surface area contributed by atoms with E-state index in [1.165, 1.54) is 58.2 Å². The van der Waals surface area contributed by atoms with Crippen molar-refractivity contribution in [2.45, 2.75) is 51.5 Å². The smallest absolute Gasteiger partial charge is 0.0192 e. The molecule has 2 nitrogen and oxygen atoms in total. The maximum atomic E-state index is 3.39. The quantitative estimate of drug-likeness (QED) is 0.659. The van der Waals surface area contributed by atoms with E-state index in [1.807, 2.05) is 0 Å². The topological polar surface area (TPSA) is 15.3 Å². The molecule has 1 fully saturated rings. The third-order valence-corrected chi connectivity index (χ3v) is 3.24. The highest BCUT2D eigenvalue weighted by Gasteiger charge is 2.17. The van der Waals surface area contributed by atoms with E-state index in [9.17, 15) is 0 Å². The zero-order valence-corrected chi connectivity index (χ0v) is 9.89. The predicted octanol–water partition coefficient (Wildman–Crippen LogP) is 2.25. The summed E-state index contributed by atoms with van der Waals surface area (Å²) in [6, 6.07) is 0.745. The Balaban J connectivity index is 2.05. The number of hydrogen-bond acceptors (Lipinski definition) is 2. The highest BCUT2D eigenvalue weighted by Crippen LogP contribution is 2.11. The van der Waals surface area contributed by atoms with Gasteiger partial charge in [-0.25, -0.2) is 0 Å². The molecule has 0 radical (unpaired) electrons. The number of rotatable bonds is 6. The fourth-order valence-corrected chi connectivity index (χ4v) is 2.26. The molecule has 14 heavy (non-hydrogen) atoms. The van der Waals surface area contributed by atoms with Gasteiger partial charge in [0, 0.05) is 12.6 Å². The molecular weight excluding hydrogens is 172 g/mol. The minimum absolute atomic E-state index is 0.745. The minimum atomic E-state index is 0.745. The number of hydrogen-bond donors (Lipinski definition) is 1. The lowest BCUT2D eigenvalue weighted by Crippen LogP contribution is -2.44. The molecule has 1 atom stereocenters. The lowest BCUT2D eigenvalue weighted by atomic mass is 10.1. The van der Waals surface area contributed by atoms with E-state index in [4.69, 9.17) is 0 Å². The Kier molecular flexibility index (Phi) is 6.20. The molecule has 0 bridgehead atoms. The summed E-state index contributed by atoms with van der Waals surface area (Å²) in [6.07, 6.45) is 8.30. The van der Waals surface area contributed by atoms with Gasteiger partial charge in [0.15, 0.2) is 0 Å². The Hall–Kier alpha value is -0.0800. The average molecular weight is 198 g/mol. The van der Waals surface area contributed by atoms with Crippen LogP contribution in [-0.2, 0) is 0 Å². The van der Waals surface area contributed by atoms with Gasteiger partial charge in [-0.1, -0.05) is 26.2 Å². The summed E-state index contributed by atoms with van der Waals surface area (Å²) < 4.78 is 0. The van der Waals surface area contributed by atoms with E-state index in [0.29, 0.717) is 0 Å². The van der Waals surface area contributed by atoms with E-state index in [0.717, 1.165) is 6.04 Å². The molecule has 1 aliphatic heterocycles. The second kappa shape index (κ2) is 7.24. The minimum Gasteiger partial charge on any atom is -0.316 e. The molecular formula is C12H26N2. The van der Waals surface area contributed by atoms with Gasteiger partial charge in [0.2, 0.25) is 0 Å². The van der Waals surface area contributed by atoms with Crippen LogP contribution in [0.4, 0.5) is 0 Å². The van der Waals surface area contributed by atoms with Crippen molar-refractivity contribution >= 4 is 0 Å². The van der Waals surface area contributed by atoms with Crippen LogP contribution in [0.25, 0.3) is 0 Å². The number of likely N-dealkylation sites (tertiary alicyclic amines) is 1. The summed E-state index contributed by atoms with van der Waals surface area (Å²) in [4.78, 5) is 2.63. The summed E-state index contributed by atoms with van der Waals surface area (Å²) in [5, 5.41) is 3.39. The SMILES string of the molecule is CCCCCCN1CCC[C@@H](NC)C1. The first-order valence-corrected chi connectivity index (χ1v) is 6.26. The number of nitrogens with one attached hydrogen (secondary N) is 1. The van der Waals surface area contributed by atoms with Gasteiger partial charge in [0.25, 0.3) is 0 Å². The molecule has 0 aromatic carbocycles. The van der Waals surface area contributed by atoms with E-state index in [-0.39, 0.29) is 0 Å². The van der Waals surface area contributed by atoms with Gasteiger partial charge in [-0.05, 0) is 39.4 Å². The highest BCUT2D eigenvalue weighted by atomic mass is 15.2. The molecule has 0 amide bonds. The summed E-state index contributed by atoms with van der Waals surface area (Å²) in [6.45, 7) is 6.18. The fourth-order valence-electron chi connectivity index (χ4n) is 2.26. The Bertz CT molecular complexity index is 136. The maximum Gasteiger partial charge on any atom is 0.0192 e. The van der Waals surface area contributed by atoms with Crippen molar-refractivity contribution in [2.24, 2.45) is 0 Å². The average Bonchev–Trinajstić information content (AvgIpc) is 2.25. The number of unbranched alkanes of at least 4 members (excludes halogenated alkanes) is 3. The predicted molar refractivity (Wildman–Crippen MR) is 62.7 cm³/mol. The molecule has 2 heteroatoms. The van der Waals surface area contributed by atoms with Gasteiger partial charge >= 0.3 is 0 Å². The van der Waals surface area contributed by atoms with Crippen molar-refractivity contribution in [1.29, 1.82) is 0 Å². The molecule has 1 saturated heterocycles. The largest absolute Gasteiger partial charge is 0.316 e. The maximum absolute atomic E-state index is 3.39. The molecule has 84 valence electrons. The van der Waals surface area contributed by atoms with Gasteiger partial charge < -0.3 is 10.2 Å². The molecule has 1 N–H and O–H groups in total. The number of piperidine rings is 1. The van der Waals surface area contributed by atoms with Crippen molar-refractivity contribution in [2.75, 3.05) is 26.7 Å². The zero-order valence-electron chi connectivity index (χ0n) is 9.89. The lowest BCUT2D eigenvalue weighted by Gasteiger charge is -2.32. The zero-order chi connectivity index (χ0) is 10.2. The first kappa shape index (κ1) is 12.0. The molecule has 1 aliphatic rings. The molecule has 1 rings (SSSR count). The van der Waals surface area contributed by atoms with E-state index in [1.54, 1.807) is 0 Å². The van der Waals surface area contributed by atoms with E-state index >= 15 is 0 Å². The summed E-state index contributed by atoms with van der Waals surface area (Å²) in [5.41, 5.74) is 0. The van der Waals surface area contributed by atoms with Crippen LogP contribution in [0.15, 0.2) is 0 Å². The molecule has 0 spiro atoms. The van der Waals surface area contributed by atoms with Crippen LogP contribution in [-0.4, -0.2) is 37.6 Å². The molecule has 0 unspecified atom stereocenters. The fraction of sp³-hybridized carbons (Fsp3) is 1.00. The van der Waals surface area contributed by atoms with Crippen molar-refractivity contribution in [1.82, 2.24) is 10.2 Å². The second-order valence-corrected chi connectivity index (χ2v) is 4.49. The van der Waals surface area contributed by atoms with Crippen LogP contribution < -0.4 is 5.32 Å². The monoisotopic (exact) mass is 198 g/mol. The van der Waals surface area contributed by atoms with Gasteiger partial charge in [0.05, 0.1) is 0 Å². The normalized spacial score (nSPS) is 24.0. The molecule has 0 aromatic heterocycles. The van der Waals surface area contributed by atoms with Crippen molar-refractivity contribution < 1.29 is 0 Å². The Morgan fingerprint density at radius 1 is 1.29 bits per heavy atom. The van der Waals surface area contributed by atoms with Crippen LogP contribution in [0.5, 0.6) is 0 Å². The third kappa shape index (κ3) is 4.43.